The summed E-state index contributed by atoms with van der Waals surface area (Å²) in [5.41, 5.74) is 4.62. The molecule has 0 saturated heterocycles. The van der Waals surface area contributed by atoms with Crippen LogP contribution in [-0.4, -0.2) is 17.7 Å². The number of carbonyl (C=O) groups excluding carboxylic acids is 1. The van der Waals surface area contributed by atoms with E-state index in [1.165, 1.54) is 25.7 Å². The maximum absolute atomic E-state index is 12.2. The van der Waals surface area contributed by atoms with Crippen molar-refractivity contribution >= 4 is 23.2 Å². The molecule has 0 radical (unpaired) electrons. The minimum atomic E-state index is -0.610. The van der Waals surface area contributed by atoms with Gasteiger partial charge in [0.2, 0.25) is 0 Å². The van der Waals surface area contributed by atoms with E-state index < -0.39 is 6.10 Å². The predicted molar refractivity (Wildman–Crippen MR) is 96.5 cm³/mol. The molecule has 0 aromatic heterocycles. The van der Waals surface area contributed by atoms with Gasteiger partial charge in [0, 0.05) is 16.7 Å². The molecule has 0 heterocycles. The molecule has 4 unspecified atom stereocenters. The number of amides is 1. The van der Waals surface area contributed by atoms with Gasteiger partial charge in [-0.2, -0.15) is 5.10 Å². The lowest BCUT2D eigenvalue weighted by Crippen LogP contribution is -2.34. The van der Waals surface area contributed by atoms with Gasteiger partial charge in [-0.1, -0.05) is 18.0 Å². The minimum absolute atomic E-state index is 0.230. The molecule has 130 valence electrons. The molecule has 2 fully saturated rings. The van der Waals surface area contributed by atoms with E-state index in [0.717, 1.165) is 23.1 Å². The molecule has 2 aliphatic rings. The van der Waals surface area contributed by atoms with Gasteiger partial charge in [0.05, 0.1) is 0 Å². The van der Waals surface area contributed by atoms with E-state index in [2.05, 4.69) is 10.5 Å². The number of fused-ring (bicyclic) bond motifs is 2. The smallest absolute Gasteiger partial charge is 0.280 e. The summed E-state index contributed by atoms with van der Waals surface area (Å²) < 4.78 is 5.73. The lowest BCUT2D eigenvalue weighted by Gasteiger charge is -2.21. The Morgan fingerprint density at radius 2 is 2.17 bits per heavy atom. The third kappa shape index (κ3) is 3.75. The number of rotatable bonds is 5. The first-order valence-corrected chi connectivity index (χ1v) is 9.08. The van der Waals surface area contributed by atoms with Gasteiger partial charge in [-0.05, 0) is 75.6 Å². The Morgan fingerprint density at radius 3 is 2.79 bits per heavy atom. The van der Waals surface area contributed by atoms with Gasteiger partial charge in [0.25, 0.3) is 5.91 Å². The largest absolute Gasteiger partial charge is 0.481 e. The number of halogens is 1. The van der Waals surface area contributed by atoms with Crippen LogP contribution in [0.2, 0.25) is 5.02 Å². The van der Waals surface area contributed by atoms with Gasteiger partial charge in [0.15, 0.2) is 6.10 Å². The summed E-state index contributed by atoms with van der Waals surface area (Å²) in [6, 6.07) is 5.36. The first kappa shape index (κ1) is 17.3. The number of hydrazone groups is 1. The Morgan fingerprint density at radius 1 is 1.38 bits per heavy atom. The summed E-state index contributed by atoms with van der Waals surface area (Å²) in [6.07, 6.45) is 4.63. The number of aryl methyl sites for hydroxylation is 1. The molecule has 1 amide bonds. The molecule has 3 rings (SSSR count). The average molecular weight is 349 g/mol. The molecule has 1 aromatic rings. The quantitative estimate of drug-likeness (QED) is 0.635. The second kappa shape index (κ2) is 7.14. The number of hydrogen-bond acceptors (Lipinski definition) is 3. The first-order valence-electron chi connectivity index (χ1n) is 8.71. The molecule has 1 aromatic carbocycles. The molecule has 0 aliphatic heterocycles. The molecule has 2 bridgehead atoms. The average Bonchev–Trinajstić information content (AvgIpc) is 3.17. The van der Waals surface area contributed by atoms with Gasteiger partial charge < -0.3 is 4.74 Å². The van der Waals surface area contributed by atoms with Crippen LogP contribution in [0.5, 0.6) is 5.75 Å². The summed E-state index contributed by atoms with van der Waals surface area (Å²) in [4.78, 5) is 12.2. The zero-order valence-corrected chi connectivity index (χ0v) is 15.3. The fourth-order valence-electron chi connectivity index (χ4n) is 4.06. The number of carbonyl (C=O) groups is 1. The number of ether oxygens (including phenoxy) is 1. The minimum Gasteiger partial charge on any atom is -0.481 e. The summed E-state index contributed by atoms with van der Waals surface area (Å²) in [7, 11) is 0. The third-order valence-corrected chi connectivity index (χ3v) is 5.66. The Balaban J connectivity index is 1.55. The highest BCUT2D eigenvalue weighted by Crippen LogP contribution is 2.48. The van der Waals surface area contributed by atoms with Crippen molar-refractivity contribution in [1.82, 2.24) is 5.43 Å². The molecule has 4 atom stereocenters. The zero-order valence-electron chi connectivity index (χ0n) is 14.5. The Hall–Kier alpha value is -1.55. The van der Waals surface area contributed by atoms with Crippen LogP contribution < -0.4 is 10.2 Å². The van der Waals surface area contributed by atoms with Crippen LogP contribution in [0.4, 0.5) is 0 Å². The lowest BCUT2D eigenvalue weighted by molar-refractivity contribution is -0.127. The molecule has 0 spiro atoms. The van der Waals surface area contributed by atoms with Gasteiger partial charge in [-0.25, -0.2) is 5.43 Å². The monoisotopic (exact) mass is 348 g/mol. The van der Waals surface area contributed by atoms with Crippen molar-refractivity contribution in [2.45, 2.75) is 52.6 Å². The summed E-state index contributed by atoms with van der Waals surface area (Å²) >= 11 is 5.94. The predicted octanol–water partition coefficient (Wildman–Crippen LogP) is 4.34. The van der Waals surface area contributed by atoms with Crippen LogP contribution in [0.15, 0.2) is 23.3 Å². The number of benzene rings is 1. The van der Waals surface area contributed by atoms with Gasteiger partial charge in [-0.3, -0.25) is 4.79 Å². The van der Waals surface area contributed by atoms with E-state index in [-0.39, 0.29) is 5.91 Å². The molecule has 24 heavy (non-hydrogen) atoms. The van der Waals surface area contributed by atoms with Crippen LogP contribution >= 0.6 is 11.6 Å². The van der Waals surface area contributed by atoms with Crippen molar-refractivity contribution in [1.29, 1.82) is 0 Å². The highest BCUT2D eigenvalue weighted by Gasteiger charge is 2.40. The van der Waals surface area contributed by atoms with E-state index in [9.17, 15) is 4.79 Å². The molecule has 2 saturated carbocycles. The fourth-order valence-corrected chi connectivity index (χ4v) is 4.29. The van der Waals surface area contributed by atoms with Crippen LogP contribution in [0.25, 0.3) is 0 Å². The summed E-state index contributed by atoms with van der Waals surface area (Å²) in [6.45, 7) is 5.66. The Kier molecular flexibility index (Phi) is 5.14. The van der Waals surface area contributed by atoms with E-state index in [0.29, 0.717) is 16.7 Å². The second-order valence-corrected chi connectivity index (χ2v) is 7.62. The van der Waals surface area contributed by atoms with Crippen LogP contribution in [-0.2, 0) is 4.79 Å². The highest BCUT2D eigenvalue weighted by atomic mass is 35.5. The van der Waals surface area contributed by atoms with Crippen molar-refractivity contribution in [3.05, 3.63) is 28.8 Å². The van der Waals surface area contributed by atoms with Crippen LogP contribution in [0, 0.1) is 24.7 Å². The summed E-state index contributed by atoms with van der Waals surface area (Å²) in [5, 5.41) is 5.00. The maximum atomic E-state index is 12.2. The van der Waals surface area contributed by atoms with Crippen LogP contribution in [0.3, 0.4) is 0 Å². The molecule has 4 nitrogen and oxygen atoms in total. The molecule has 5 heteroatoms. The van der Waals surface area contributed by atoms with Crippen molar-refractivity contribution in [3.63, 3.8) is 0 Å². The molecular formula is C19H25ClN2O2. The van der Waals surface area contributed by atoms with Crippen molar-refractivity contribution in [3.8, 4) is 5.75 Å². The second-order valence-electron chi connectivity index (χ2n) is 7.18. The van der Waals surface area contributed by atoms with Gasteiger partial charge >= 0.3 is 0 Å². The van der Waals surface area contributed by atoms with E-state index >= 15 is 0 Å². The SMILES string of the molecule is C/C(=N/NC(=O)C(C)Oc1ccc(Cl)cc1C)C1CC2CCC1C2. The highest BCUT2D eigenvalue weighted by molar-refractivity contribution is 6.30. The van der Waals surface area contributed by atoms with E-state index in [1.54, 1.807) is 19.1 Å². The van der Waals surface area contributed by atoms with Crippen molar-refractivity contribution in [2.75, 3.05) is 0 Å². The van der Waals surface area contributed by atoms with Crippen LogP contribution in [0.1, 0.15) is 45.1 Å². The molecule has 2 aliphatic carbocycles. The Labute approximate surface area is 148 Å². The fraction of sp³-hybridized carbons (Fsp3) is 0.579. The lowest BCUT2D eigenvalue weighted by atomic mass is 9.86. The first-order chi connectivity index (χ1) is 11.4. The normalized spacial score (nSPS) is 27.2. The van der Waals surface area contributed by atoms with E-state index in [4.69, 9.17) is 16.3 Å². The molecule has 1 N–H and O–H groups in total. The topological polar surface area (TPSA) is 50.7 Å². The number of hydrogen-bond donors (Lipinski definition) is 1. The molecular weight excluding hydrogens is 324 g/mol. The van der Waals surface area contributed by atoms with E-state index in [1.807, 2.05) is 19.9 Å². The summed E-state index contributed by atoms with van der Waals surface area (Å²) in [5.74, 6) is 2.61. The third-order valence-electron chi connectivity index (χ3n) is 5.43. The maximum Gasteiger partial charge on any atom is 0.280 e. The van der Waals surface area contributed by atoms with Crippen molar-refractivity contribution in [2.24, 2.45) is 22.9 Å². The Bertz CT molecular complexity index is 659. The standard InChI is InChI=1S/C19H25ClN2O2/c1-11-8-16(20)6-7-18(11)24-13(3)19(23)22-21-12(2)17-10-14-4-5-15(17)9-14/h6-8,13-15,17H,4-5,9-10H2,1-3H3,(H,22,23)/b21-12-. The zero-order chi connectivity index (χ0) is 17.3. The number of nitrogens with one attached hydrogen (secondary N) is 1. The van der Waals surface area contributed by atoms with Gasteiger partial charge in [-0.15, -0.1) is 0 Å². The van der Waals surface area contributed by atoms with Gasteiger partial charge in [0.1, 0.15) is 5.75 Å². The van der Waals surface area contributed by atoms with Crippen molar-refractivity contribution < 1.29 is 9.53 Å². The number of nitrogens with zero attached hydrogens (tertiary/aromatic N) is 1.